The molecular weight excluding hydrogens is 284 g/mol. The van der Waals surface area contributed by atoms with E-state index in [0.717, 1.165) is 17.8 Å². The number of halogens is 1. The van der Waals surface area contributed by atoms with Gasteiger partial charge in [-0.05, 0) is 42.2 Å². The summed E-state index contributed by atoms with van der Waals surface area (Å²) in [7, 11) is 0. The molecule has 2 N–H and O–H groups in total. The molecule has 3 nitrogen and oxygen atoms in total. The summed E-state index contributed by atoms with van der Waals surface area (Å²) in [5.74, 6) is -0.0186. The Kier molecular flexibility index (Phi) is 3.95. The molecule has 108 valence electrons. The van der Waals surface area contributed by atoms with Gasteiger partial charge in [-0.25, -0.2) is 0 Å². The first-order valence-corrected chi connectivity index (χ1v) is 7.38. The van der Waals surface area contributed by atoms with Crippen LogP contribution in [0.3, 0.4) is 0 Å². The lowest BCUT2D eigenvalue weighted by Gasteiger charge is -2.25. The molecule has 3 rings (SSSR count). The minimum atomic E-state index is -0.210. The maximum atomic E-state index is 12.4. The predicted octanol–water partition coefficient (Wildman–Crippen LogP) is 3.30. The number of rotatable bonds is 2. The molecule has 0 bridgehead atoms. The smallest absolute Gasteiger partial charge is 0.241 e. The fraction of sp³-hybridized carbons (Fsp3) is 0.235. The van der Waals surface area contributed by atoms with Crippen LogP contribution in [-0.4, -0.2) is 11.9 Å². The van der Waals surface area contributed by atoms with Gasteiger partial charge in [0.1, 0.15) is 0 Å². The van der Waals surface area contributed by atoms with E-state index in [1.807, 2.05) is 31.2 Å². The van der Waals surface area contributed by atoms with Crippen molar-refractivity contribution in [2.24, 2.45) is 0 Å². The minimum Gasteiger partial charge on any atom is -0.324 e. The summed E-state index contributed by atoms with van der Waals surface area (Å²) < 4.78 is 0. The van der Waals surface area contributed by atoms with Crippen molar-refractivity contribution in [3.63, 3.8) is 0 Å². The second-order valence-electron chi connectivity index (χ2n) is 5.35. The Bertz CT molecular complexity index is 684. The van der Waals surface area contributed by atoms with Crippen molar-refractivity contribution in [2.75, 3.05) is 5.32 Å². The molecule has 0 aromatic heterocycles. The molecule has 0 fully saturated rings. The standard InChI is InChI=1S/C17H17ClN2O/c1-11-6-7-14(18)9-15(11)20-17(21)16-8-12-4-2-3-5-13(12)10-19-16/h2-7,9,16,19H,8,10H2,1H3,(H,20,21)/t16-/m0/s1. The van der Waals surface area contributed by atoms with Gasteiger partial charge in [-0.15, -0.1) is 0 Å². The number of carbonyl (C=O) groups is 1. The van der Waals surface area contributed by atoms with E-state index in [1.54, 1.807) is 6.07 Å². The molecule has 1 atom stereocenters. The van der Waals surface area contributed by atoms with Gasteiger partial charge in [0.25, 0.3) is 0 Å². The Morgan fingerprint density at radius 2 is 2.00 bits per heavy atom. The van der Waals surface area contributed by atoms with Crippen LogP contribution in [0, 0.1) is 6.92 Å². The van der Waals surface area contributed by atoms with Gasteiger partial charge < -0.3 is 10.6 Å². The number of amides is 1. The highest BCUT2D eigenvalue weighted by molar-refractivity contribution is 6.31. The number of fused-ring (bicyclic) bond motifs is 1. The number of hydrogen-bond acceptors (Lipinski definition) is 2. The lowest BCUT2D eigenvalue weighted by molar-refractivity contribution is -0.118. The maximum Gasteiger partial charge on any atom is 0.241 e. The lowest BCUT2D eigenvalue weighted by atomic mass is 9.95. The van der Waals surface area contributed by atoms with Crippen LogP contribution in [0.4, 0.5) is 5.69 Å². The van der Waals surface area contributed by atoms with Gasteiger partial charge in [-0.2, -0.15) is 0 Å². The topological polar surface area (TPSA) is 41.1 Å². The summed E-state index contributed by atoms with van der Waals surface area (Å²) in [5, 5.41) is 6.87. The highest BCUT2D eigenvalue weighted by Crippen LogP contribution is 2.22. The molecular formula is C17H17ClN2O. The van der Waals surface area contributed by atoms with Crippen LogP contribution in [0.25, 0.3) is 0 Å². The fourth-order valence-electron chi connectivity index (χ4n) is 2.59. The highest BCUT2D eigenvalue weighted by atomic mass is 35.5. The van der Waals surface area contributed by atoms with Crippen LogP contribution in [0.15, 0.2) is 42.5 Å². The molecule has 0 saturated carbocycles. The summed E-state index contributed by atoms with van der Waals surface area (Å²) in [6.07, 6.45) is 0.710. The number of aryl methyl sites for hydroxylation is 1. The van der Waals surface area contributed by atoms with Crippen LogP contribution in [-0.2, 0) is 17.8 Å². The first-order chi connectivity index (χ1) is 10.1. The number of benzene rings is 2. The van der Waals surface area contributed by atoms with Crippen LogP contribution < -0.4 is 10.6 Å². The molecule has 2 aromatic rings. The Morgan fingerprint density at radius 1 is 1.24 bits per heavy atom. The van der Waals surface area contributed by atoms with E-state index in [2.05, 4.69) is 22.8 Å². The largest absolute Gasteiger partial charge is 0.324 e. The van der Waals surface area contributed by atoms with Crippen molar-refractivity contribution in [1.29, 1.82) is 0 Å². The Labute approximate surface area is 129 Å². The molecule has 0 aliphatic carbocycles. The second kappa shape index (κ2) is 5.88. The molecule has 4 heteroatoms. The van der Waals surface area contributed by atoms with Crippen molar-refractivity contribution >= 4 is 23.2 Å². The molecule has 0 unspecified atom stereocenters. The molecule has 0 spiro atoms. The van der Waals surface area contributed by atoms with E-state index >= 15 is 0 Å². The van der Waals surface area contributed by atoms with Crippen LogP contribution >= 0.6 is 11.6 Å². The zero-order chi connectivity index (χ0) is 14.8. The number of carbonyl (C=O) groups excluding carboxylic acids is 1. The quantitative estimate of drug-likeness (QED) is 0.893. The van der Waals surface area contributed by atoms with E-state index in [1.165, 1.54) is 11.1 Å². The normalized spacial score (nSPS) is 17.1. The number of nitrogens with one attached hydrogen (secondary N) is 2. The van der Waals surface area contributed by atoms with E-state index in [4.69, 9.17) is 11.6 Å². The predicted molar refractivity (Wildman–Crippen MR) is 85.6 cm³/mol. The number of hydrogen-bond donors (Lipinski definition) is 2. The third-order valence-corrected chi connectivity index (χ3v) is 4.09. The molecule has 1 aliphatic heterocycles. The maximum absolute atomic E-state index is 12.4. The molecule has 0 saturated heterocycles. The Hall–Kier alpha value is -1.84. The van der Waals surface area contributed by atoms with Crippen molar-refractivity contribution in [1.82, 2.24) is 5.32 Å². The molecule has 1 amide bonds. The van der Waals surface area contributed by atoms with Crippen molar-refractivity contribution in [3.8, 4) is 0 Å². The van der Waals surface area contributed by atoms with Gasteiger partial charge in [-0.3, -0.25) is 4.79 Å². The second-order valence-corrected chi connectivity index (χ2v) is 5.79. The van der Waals surface area contributed by atoms with Gasteiger partial charge >= 0.3 is 0 Å². The average Bonchev–Trinajstić information content (AvgIpc) is 2.50. The first-order valence-electron chi connectivity index (χ1n) is 7.00. The first kappa shape index (κ1) is 14.1. The van der Waals surface area contributed by atoms with E-state index < -0.39 is 0 Å². The molecule has 1 aliphatic rings. The zero-order valence-electron chi connectivity index (χ0n) is 11.8. The van der Waals surface area contributed by atoms with Crippen LogP contribution in [0.5, 0.6) is 0 Å². The summed E-state index contributed by atoms with van der Waals surface area (Å²) in [6, 6.07) is 13.5. The molecule has 1 heterocycles. The molecule has 0 radical (unpaired) electrons. The molecule has 2 aromatic carbocycles. The van der Waals surface area contributed by atoms with E-state index in [9.17, 15) is 4.79 Å². The van der Waals surface area contributed by atoms with Gasteiger partial charge in [-0.1, -0.05) is 41.9 Å². The number of anilines is 1. The third kappa shape index (κ3) is 3.09. The van der Waals surface area contributed by atoms with Crippen LogP contribution in [0.2, 0.25) is 5.02 Å². The van der Waals surface area contributed by atoms with Gasteiger partial charge in [0.15, 0.2) is 0 Å². The van der Waals surface area contributed by atoms with E-state index in [-0.39, 0.29) is 11.9 Å². The average molecular weight is 301 g/mol. The molecule has 21 heavy (non-hydrogen) atoms. The SMILES string of the molecule is Cc1ccc(Cl)cc1NC(=O)[C@@H]1Cc2ccccc2CN1. The van der Waals surface area contributed by atoms with Gasteiger partial charge in [0.05, 0.1) is 6.04 Å². The van der Waals surface area contributed by atoms with Crippen LogP contribution in [0.1, 0.15) is 16.7 Å². The third-order valence-electron chi connectivity index (χ3n) is 3.86. The fourth-order valence-corrected chi connectivity index (χ4v) is 2.76. The summed E-state index contributed by atoms with van der Waals surface area (Å²) in [5.41, 5.74) is 4.27. The summed E-state index contributed by atoms with van der Waals surface area (Å²) >= 11 is 5.99. The Morgan fingerprint density at radius 3 is 2.81 bits per heavy atom. The Balaban J connectivity index is 1.74. The summed E-state index contributed by atoms with van der Waals surface area (Å²) in [4.78, 5) is 12.4. The van der Waals surface area contributed by atoms with Crippen molar-refractivity contribution < 1.29 is 4.79 Å². The van der Waals surface area contributed by atoms with Gasteiger partial charge in [0.2, 0.25) is 5.91 Å². The summed E-state index contributed by atoms with van der Waals surface area (Å²) in [6.45, 7) is 2.68. The monoisotopic (exact) mass is 300 g/mol. The van der Waals surface area contributed by atoms with Gasteiger partial charge in [0, 0.05) is 17.3 Å². The van der Waals surface area contributed by atoms with Crippen molar-refractivity contribution in [2.45, 2.75) is 25.9 Å². The lowest BCUT2D eigenvalue weighted by Crippen LogP contribution is -2.44. The minimum absolute atomic E-state index is 0.0186. The highest BCUT2D eigenvalue weighted by Gasteiger charge is 2.24. The zero-order valence-corrected chi connectivity index (χ0v) is 12.6. The van der Waals surface area contributed by atoms with Crippen molar-refractivity contribution in [3.05, 3.63) is 64.2 Å². The van der Waals surface area contributed by atoms with E-state index in [0.29, 0.717) is 11.4 Å².